The van der Waals surface area contributed by atoms with Gasteiger partial charge in [-0.3, -0.25) is 4.79 Å². The van der Waals surface area contributed by atoms with Crippen molar-refractivity contribution >= 4 is 5.78 Å². The van der Waals surface area contributed by atoms with Crippen LogP contribution in [0.1, 0.15) is 76.8 Å². The molecule has 1 heterocycles. The number of hydrogen-bond acceptors (Lipinski definition) is 3. The second kappa shape index (κ2) is 7.58. The molecule has 1 aromatic carbocycles. The molecule has 0 spiro atoms. The summed E-state index contributed by atoms with van der Waals surface area (Å²) in [5.74, 6) is 4.09. The van der Waals surface area contributed by atoms with Crippen molar-refractivity contribution < 1.29 is 9.53 Å². The number of benzene rings is 1. The van der Waals surface area contributed by atoms with Gasteiger partial charge in [0.25, 0.3) is 0 Å². The largest absolute Gasteiger partial charge is 0.497 e. The molecule has 1 aromatic heterocycles. The molecule has 0 saturated heterocycles. The van der Waals surface area contributed by atoms with Crippen LogP contribution in [-0.4, -0.2) is 22.7 Å². The maximum Gasteiger partial charge on any atom is 0.155 e. The van der Waals surface area contributed by atoms with E-state index in [2.05, 4.69) is 36.7 Å². The molecule has 4 nitrogen and oxygen atoms in total. The Morgan fingerprint density at radius 1 is 0.970 bits per heavy atom. The predicted molar refractivity (Wildman–Crippen MR) is 130 cm³/mol. The van der Waals surface area contributed by atoms with E-state index in [1.807, 2.05) is 24.4 Å². The standard InChI is InChI=1S/C29H36N2O2/c1-28-15-12-21(32)18-19(28)4-9-23-24-10-11-26(29(24,2)16-13-25(23)28)27-14-17-30-31(27)20-5-7-22(33-3)8-6-20/h5-8,14,17-18,23-26H,4,9-13,15-16H2,1-3H3/t23-,24-,25-,26+,28-,29-/m0/s1. The summed E-state index contributed by atoms with van der Waals surface area (Å²) in [5.41, 5.74) is 4.53. The van der Waals surface area contributed by atoms with Crippen LogP contribution in [0.15, 0.2) is 48.2 Å². The average molecular weight is 445 g/mol. The van der Waals surface area contributed by atoms with Crippen LogP contribution >= 0.6 is 0 Å². The maximum absolute atomic E-state index is 12.1. The van der Waals surface area contributed by atoms with Gasteiger partial charge in [-0.1, -0.05) is 19.4 Å². The van der Waals surface area contributed by atoms with Crippen LogP contribution in [0.25, 0.3) is 5.69 Å². The lowest BCUT2D eigenvalue weighted by Crippen LogP contribution is -2.50. The molecular weight excluding hydrogens is 408 g/mol. The highest BCUT2D eigenvalue weighted by Crippen LogP contribution is 2.68. The maximum atomic E-state index is 12.1. The second-order valence-corrected chi connectivity index (χ2v) is 11.5. The molecule has 0 aliphatic heterocycles. The quantitative estimate of drug-likeness (QED) is 0.543. The summed E-state index contributed by atoms with van der Waals surface area (Å²) in [6.07, 6.45) is 13.4. The van der Waals surface area contributed by atoms with Gasteiger partial charge < -0.3 is 4.74 Å². The van der Waals surface area contributed by atoms with Crippen molar-refractivity contribution in [3.63, 3.8) is 0 Å². The molecule has 6 atom stereocenters. The van der Waals surface area contributed by atoms with Crippen LogP contribution in [0.5, 0.6) is 5.75 Å². The van der Waals surface area contributed by atoms with Crippen LogP contribution in [0.2, 0.25) is 0 Å². The summed E-state index contributed by atoms with van der Waals surface area (Å²) in [4.78, 5) is 12.1. The fraction of sp³-hybridized carbons (Fsp3) is 0.586. The van der Waals surface area contributed by atoms with Crippen LogP contribution < -0.4 is 4.74 Å². The third kappa shape index (κ3) is 3.09. The van der Waals surface area contributed by atoms with Crippen LogP contribution in [0, 0.1) is 28.6 Å². The van der Waals surface area contributed by atoms with Crippen molar-refractivity contribution in [2.45, 2.75) is 71.1 Å². The van der Waals surface area contributed by atoms with Crippen LogP contribution in [-0.2, 0) is 4.79 Å². The summed E-state index contributed by atoms with van der Waals surface area (Å²) < 4.78 is 7.52. The molecule has 6 rings (SSSR count). The van der Waals surface area contributed by atoms with Crippen LogP contribution in [0.4, 0.5) is 0 Å². The van der Waals surface area contributed by atoms with Gasteiger partial charge in [-0.2, -0.15) is 5.10 Å². The molecule has 3 fully saturated rings. The minimum absolute atomic E-state index is 0.251. The van der Waals surface area contributed by atoms with E-state index in [4.69, 9.17) is 9.84 Å². The SMILES string of the molecule is COc1ccc(-n2nccc2[C@H]2CC[C@H]3[C@@H]4CCC5=CC(=O)CC[C@]5(C)[C@H]4CC[C@]23C)cc1. The van der Waals surface area contributed by atoms with Gasteiger partial charge in [0.2, 0.25) is 0 Å². The Bertz CT molecular complexity index is 1100. The number of methoxy groups -OCH3 is 1. The molecule has 2 aromatic rings. The van der Waals surface area contributed by atoms with Gasteiger partial charge in [0.1, 0.15) is 5.75 Å². The van der Waals surface area contributed by atoms with E-state index in [0.29, 0.717) is 17.1 Å². The van der Waals surface area contributed by atoms with E-state index in [9.17, 15) is 4.79 Å². The Morgan fingerprint density at radius 3 is 2.58 bits per heavy atom. The summed E-state index contributed by atoms with van der Waals surface area (Å²) in [5, 5.41) is 4.75. The fourth-order valence-corrected chi connectivity index (χ4v) is 8.56. The highest BCUT2D eigenvalue weighted by molar-refractivity contribution is 5.91. The number of rotatable bonds is 3. The summed E-state index contributed by atoms with van der Waals surface area (Å²) in [6, 6.07) is 10.5. The molecule has 4 aliphatic carbocycles. The van der Waals surface area contributed by atoms with E-state index in [-0.39, 0.29) is 5.41 Å². The molecule has 0 unspecified atom stereocenters. The first kappa shape index (κ1) is 21.2. The Morgan fingerprint density at radius 2 is 1.79 bits per heavy atom. The molecule has 0 amide bonds. The zero-order valence-corrected chi connectivity index (χ0v) is 20.2. The van der Waals surface area contributed by atoms with E-state index in [0.717, 1.165) is 48.5 Å². The van der Waals surface area contributed by atoms with E-state index < -0.39 is 0 Å². The minimum atomic E-state index is 0.251. The zero-order valence-electron chi connectivity index (χ0n) is 20.2. The third-order valence-corrected chi connectivity index (χ3v) is 10.3. The summed E-state index contributed by atoms with van der Waals surface area (Å²) >= 11 is 0. The predicted octanol–water partition coefficient (Wildman–Crippen LogP) is 6.50. The van der Waals surface area contributed by atoms with Gasteiger partial charge in [0.15, 0.2) is 5.78 Å². The van der Waals surface area contributed by atoms with Gasteiger partial charge >= 0.3 is 0 Å². The minimum Gasteiger partial charge on any atom is -0.497 e. The van der Waals surface area contributed by atoms with Gasteiger partial charge in [-0.05, 0) is 110 Å². The lowest BCUT2D eigenvalue weighted by molar-refractivity contribution is -0.117. The number of carbonyl (C=O) groups excluding carboxylic acids is 1. The highest BCUT2D eigenvalue weighted by atomic mass is 16.5. The van der Waals surface area contributed by atoms with Gasteiger partial charge in [0, 0.05) is 24.2 Å². The Kier molecular flexibility index (Phi) is 4.87. The lowest BCUT2D eigenvalue weighted by atomic mass is 9.47. The second-order valence-electron chi connectivity index (χ2n) is 11.5. The molecule has 0 radical (unpaired) electrons. The third-order valence-electron chi connectivity index (χ3n) is 10.3. The first-order valence-electron chi connectivity index (χ1n) is 12.9. The van der Waals surface area contributed by atoms with Crippen molar-refractivity contribution in [1.82, 2.24) is 9.78 Å². The average Bonchev–Trinajstić information content (AvgIpc) is 3.43. The fourth-order valence-electron chi connectivity index (χ4n) is 8.56. The molecule has 0 bridgehead atoms. The molecular formula is C29H36N2O2. The van der Waals surface area contributed by atoms with Gasteiger partial charge in [-0.15, -0.1) is 0 Å². The number of ether oxygens (including phenoxy) is 1. The molecule has 3 saturated carbocycles. The number of fused-ring (bicyclic) bond motifs is 5. The molecule has 174 valence electrons. The molecule has 4 heteroatoms. The molecule has 4 aliphatic rings. The number of carbonyl (C=O) groups is 1. The summed E-state index contributed by atoms with van der Waals surface area (Å²) in [6.45, 7) is 5.06. The topological polar surface area (TPSA) is 44.1 Å². The van der Waals surface area contributed by atoms with Gasteiger partial charge in [0.05, 0.1) is 12.8 Å². The van der Waals surface area contributed by atoms with Crippen molar-refractivity contribution in [3.05, 3.63) is 53.9 Å². The molecule has 0 N–H and O–H groups in total. The number of hydrogen-bond donors (Lipinski definition) is 0. The summed E-state index contributed by atoms with van der Waals surface area (Å²) in [7, 11) is 1.71. The Hall–Kier alpha value is -2.36. The lowest BCUT2D eigenvalue weighted by Gasteiger charge is -2.58. The van der Waals surface area contributed by atoms with Crippen molar-refractivity contribution in [1.29, 1.82) is 0 Å². The zero-order chi connectivity index (χ0) is 22.8. The number of allylic oxidation sites excluding steroid dienone is 1. The van der Waals surface area contributed by atoms with E-state index >= 15 is 0 Å². The first-order valence-corrected chi connectivity index (χ1v) is 12.9. The highest BCUT2D eigenvalue weighted by Gasteiger charge is 2.59. The monoisotopic (exact) mass is 444 g/mol. The smallest absolute Gasteiger partial charge is 0.155 e. The number of aromatic nitrogens is 2. The van der Waals surface area contributed by atoms with E-state index in [1.165, 1.54) is 43.4 Å². The normalized spacial score (nSPS) is 37.7. The van der Waals surface area contributed by atoms with E-state index in [1.54, 1.807) is 7.11 Å². The van der Waals surface area contributed by atoms with Crippen molar-refractivity contribution in [2.75, 3.05) is 7.11 Å². The Labute approximate surface area is 197 Å². The van der Waals surface area contributed by atoms with Gasteiger partial charge in [-0.25, -0.2) is 4.68 Å². The molecule has 33 heavy (non-hydrogen) atoms. The number of ketones is 1. The number of nitrogens with zero attached hydrogens (tertiary/aromatic N) is 2. The van der Waals surface area contributed by atoms with Crippen molar-refractivity contribution in [3.8, 4) is 11.4 Å². The Balaban J connectivity index is 1.31. The van der Waals surface area contributed by atoms with Crippen molar-refractivity contribution in [2.24, 2.45) is 28.6 Å². The first-order chi connectivity index (χ1) is 15.9. The van der Waals surface area contributed by atoms with Crippen LogP contribution in [0.3, 0.4) is 0 Å².